The zero-order chi connectivity index (χ0) is 16.9. The maximum Gasteiger partial charge on any atom is 0.312 e. The van der Waals surface area contributed by atoms with Gasteiger partial charge in [0.1, 0.15) is 11.5 Å². The van der Waals surface area contributed by atoms with Gasteiger partial charge in [-0.25, -0.2) is 0 Å². The first-order valence-corrected chi connectivity index (χ1v) is 9.36. The molecular weight excluding hydrogens is 306 g/mol. The predicted octanol–water partition coefficient (Wildman–Crippen LogP) is 2.30. The molecule has 0 radical (unpaired) electrons. The Labute approximate surface area is 143 Å². The quantitative estimate of drug-likeness (QED) is 0.585. The molecule has 4 rings (SSSR count). The van der Waals surface area contributed by atoms with Crippen molar-refractivity contribution >= 4 is 11.9 Å². The van der Waals surface area contributed by atoms with Crippen LogP contribution in [-0.2, 0) is 19.1 Å². The highest BCUT2D eigenvalue weighted by Crippen LogP contribution is 2.53. The third-order valence-electron chi connectivity index (χ3n) is 5.98. The summed E-state index contributed by atoms with van der Waals surface area (Å²) in [4.78, 5) is 27.7. The molecule has 0 aromatic carbocycles. The molecule has 4 unspecified atom stereocenters. The number of nitrogens with zero attached hydrogens (tertiary/aromatic N) is 1. The van der Waals surface area contributed by atoms with Gasteiger partial charge in [-0.05, 0) is 18.8 Å². The summed E-state index contributed by atoms with van der Waals surface area (Å²) in [7, 11) is 0. The third kappa shape index (κ3) is 2.40. The number of hydrogen-bond acceptors (Lipinski definition) is 4. The molecule has 1 saturated carbocycles. The Hall–Kier alpha value is -1.36. The van der Waals surface area contributed by atoms with Crippen molar-refractivity contribution in [3.05, 3.63) is 12.2 Å². The minimum Gasteiger partial charge on any atom is -0.465 e. The average molecular weight is 333 g/mol. The van der Waals surface area contributed by atoms with E-state index < -0.39 is 17.4 Å². The number of fused-ring (bicyclic) bond motifs is 1. The van der Waals surface area contributed by atoms with E-state index in [1.807, 2.05) is 30.9 Å². The van der Waals surface area contributed by atoms with E-state index in [1.165, 1.54) is 19.3 Å². The lowest BCUT2D eigenvalue weighted by atomic mass is 9.77. The average Bonchev–Trinajstić information content (AvgIpc) is 3.22. The Bertz CT molecular complexity index is 566. The molecule has 1 amide bonds. The zero-order valence-corrected chi connectivity index (χ0v) is 14.6. The molecule has 5 nitrogen and oxygen atoms in total. The van der Waals surface area contributed by atoms with E-state index in [9.17, 15) is 9.59 Å². The molecule has 3 aliphatic heterocycles. The SMILES string of the molecule is CC(C)COC(=O)C1C2C=CC3(CN(C4CCCCC4)C(=O)C13)O2. The molecule has 1 spiro atoms. The van der Waals surface area contributed by atoms with Crippen molar-refractivity contribution < 1.29 is 19.1 Å². The second-order valence-corrected chi connectivity index (χ2v) is 8.18. The van der Waals surface area contributed by atoms with E-state index in [4.69, 9.17) is 9.47 Å². The lowest BCUT2D eigenvalue weighted by Crippen LogP contribution is -2.42. The maximum absolute atomic E-state index is 13.1. The summed E-state index contributed by atoms with van der Waals surface area (Å²) in [6, 6.07) is 0.314. The molecule has 132 valence electrons. The summed E-state index contributed by atoms with van der Waals surface area (Å²) in [5, 5.41) is 0. The number of amides is 1. The lowest BCUT2D eigenvalue weighted by molar-refractivity contribution is -0.155. The number of hydrogen-bond donors (Lipinski definition) is 0. The minimum atomic E-state index is -0.597. The zero-order valence-electron chi connectivity index (χ0n) is 14.6. The second kappa shape index (κ2) is 5.87. The Morgan fingerprint density at radius 2 is 2.12 bits per heavy atom. The van der Waals surface area contributed by atoms with Crippen LogP contribution >= 0.6 is 0 Å². The highest BCUT2D eigenvalue weighted by Gasteiger charge is 2.67. The van der Waals surface area contributed by atoms with Gasteiger partial charge < -0.3 is 14.4 Å². The fourth-order valence-corrected chi connectivity index (χ4v) is 4.84. The molecule has 0 N–H and O–H groups in total. The van der Waals surface area contributed by atoms with Crippen LogP contribution in [-0.4, -0.2) is 47.7 Å². The molecule has 2 bridgehead atoms. The molecule has 5 heteroatoms. The number of ether oxygens (including phenoxy) is 2. The van der Waals surface area contributed by atoms with Gasteiger partial charge in [0.2, 0.25) is 5.91 Å². The van der Waals surface area contributed by atoms with Crippen molar-refractivity contribution in [2.75, 3.05) is 13.2 Å². The van der Waals surface area contributed by atoms with Crippen LogP contribution in [0.5, 0.6) is 0 Å². The molecule has 0 aromatic heterocycles. The minimum absolute atomic E-state index is 0.0975. The number of carbonyl (C=O) groups excluding carboxylic acids is 2. The van der Waals surface area contributed by atoms with Crippen LogP contribution in [0, 0.1) is 17.8 Å². The van der Waals surface area contributed by atoms with Crippen LogP contribution in [0.1, 0.15) is 46.0 Å². The van der Waals surface area contributed by atoms with Crippen molar-refractivity contribution in [2.45, 2.75) is 63.7 Å². The second-order valence-electron chi connectivity index (χ2n) is 8.18. The van der Waals surface area contributed by atoms with Crippen LogP contribution in [0.2, 0.25) is 0 Å². The van der Waals surface area contributed by atoms with Gasteiger partial charge in [0, 0.05) is 6.04 Å². The number of esters is 1. The van der Waals surface area contributed by atoms with Crippen molar-refractivity contribution in [2.24, 2.45) is 17.8 Å². The molecular formula is C19H27NO4. The van der Waals surface area contributed by atoms with Crippen LogP contribution < -0.4 is 0 Å². The highest BCUT2D eigenvalue weighted by atomic mass is 16.6. The summed E-state index contributed by atoms with van der Waals surface area (Å²) in [5.74, 6) is -0.760. The van der Waals surface area contributed by atoms with Crippen LogP contribution in [0.4, 0.5) is 0 Å². The Morgan fingerprint density at radius 1 is 1.38 bits per heavy atom. The lowest BCUT2D eigenvalue weighted by Gasteiger charge is -2.32. The van der Waals surface area contributed by atoms with Crippen molar-refractivity contribution in [3.63, 3.8) is 0 Å². The van der Waals surface area contributed by atoms with E-state index in [0.29, 0.717) is 19.2 Å². The molecule has 2 saturated heterocycles. The Morgan fingerprint density at radius 3 is 2.83 bits per heavy atom. The van der Waals surface area contributed by atoms with E-state index in [2.05, 4.69) is 0 Å². The van der Waals surface area contributed by atoms with Gasteiger partial charge in [-0.1, -0.05) is 45.3 Å². The number of carbonyl (C=O) groups is 2. The van der Waals surface area contributed by atoms with Gasteiger partial charge in [-0.2, -0.15) is 0 Å². The summed E-state index contributed by atoms with van der Waals surface area (Å²) in [6.07, 6.45) is 9.46. The number of rotatable bonds is 4. The van der Waals surface area contributed by atoms with Gasteiger partial charge in [0.15, 0.2) is 0 Å². The summed E-state index contributed by atoms with van der Waals surface area (Å²) in [5.41, 5.74) is -0.597. The summed E-state index contributed by atoms with van der Waals surface area (Å²) < 4.78 is 11.6. The van der Waals surface area contributed by atoms with Crippen molar-refractivity contribution in [1.82, 2.24) is 4.90 Å². The van der Waals surface area contributed by atoms with Gasteiger partial charge >= 0.3 is 5.97 Å². The third-order valence-corrected chi connectivity index (χ3v) is 5.98. The predicted molar refractivity (Wildman–Crippen MR) is 88.1 cm³/mol. The van der Waals surface area contributed by atoms with E-state index in [0.717, 1.165) is 12.8 Å². The first kappa shape index (κ1) is 16.1. The first-order valence-electron chi connectivity index (χ1n) is 9.36. The molecule has 24 heavy (non-hydrogen) atoms. The van der Waals surface area contributed by atoms with Crippen LogP contribution in [0.25, 0.3) is 0 Å². The van der Waals surface area contributed by atoms with Gasteiger partial charge in [-0.3, -0.25) is 9.59 Å². The van der Waals surface area contributed by atoms with Crippen LogP contribution in [0.3, 0.4) is 0 Å². The summed E-state index contributed by atoms with van der Waals surface area (Å²) >= 11 is 0. The molecule has 1 aliphatic carbocycles. The molecule has 4 atom stereocenters. The molecule has 3 heterocycles. The Balaban J connectivity index is 1.54. The summed E-state index contributed by atoms with van der Waals surface area (Å²) in [6.45, 7) is 5.02. The van der Waals surface area contributed by atoms with Gasteiger partial charge in [-0.15, -0.1) is 0 Å². The topological polar surface area (TPSA) is 55.8 Å². The fraction of sp³-hybridized carbons (Fsp3) is 0.789. The largest absolute Gasteiger partial charge is 0.465 e. The standard InChI is InChI=1S/C19H27NO4/c1-12(2)10-23-18(22)15-14-8-9-19(24-14)11-20(17(21)16(15)19)13-6-4-3-5-7-13/h8-9,12-16H,3-7,10-11H2,1-2H3. The first-order chi connectivity index (χ1) is 11.5. The van der Waals surface area contributed by atoms with E-state index in [1.54, 1.807) is 0 Å². The highest BCUT2D eigenvalue weighted by molar-refractivity contribution is 5.91. The monoisotopic (exact) mass is 333 g/mol. The smallest absolute Gasteiger partial charge is 0.312 e. The fourth-order valence-electron chi connectivity index (χ4n) is 4.84. The Kier molecular flexibility index (Phi) is 3.94. The van der Waals surface area contributed by atoms with E-state index in [-0.39, 0.29) is 23.9 Å². The van der Waals surface area contributed by atoms with Crippen LogP contribution in [0.15, 0.2) is 12.2 Å². The molecule has 0 aromatic rings. The van der Waals surface area contributed by atoms with Crippen molar-refractivity contribution in [3.8, 4) is 0 Å². The number of likely N-dealkylation sites (tertiary alicyclic amines) is 1. The molecule has 4 aliphatic rings. The maximum atomic E-state index is 13.1. The van der Waals surface area contributed by atoms with E-state index >= 15 is 0 Å². The van der Waals surface area contributed by atoms with Crippen molar-refractivity contribution in [1.29, 1.82) is 0 Å². The molecule has 3 fully saturated rings. The van der Waals surface area contributed by atoms with Gasteiger partial charge in [0.05, 0.1) is 25.2 Å². The normalized spacial score (nSPS) is 38.2. The van der Waals surface area contributed by atoms with Gasteiger partial charge in [0.25, 0.3) is 0 Å².